The van der Waals surface area contributed by atoms with Crippen molar-refractivity contribution >= 4 is 17.2 Å². The molecule has 1 aliphatic carbocycles. The summed E-state index contributed by atoms with van der Waals surface area (Å²) < 4.78 is 18.8. The van der Waals surface area contributed by atoms with Crippen LogP contribution in [-0.4, -0.2) is 12.5 Å². The van der Waals surface area contributed by atoms with Gasteiger partial charge >= 0.3 is 0 Å². The molecule has 0 radical (unpaired) electrons. The van der Waals surface area contributed by atoms with E-state index in [1.807, 2.05) is 11.4 Å². The van der Waals surface area contributed by atoms with Crippen LogP contribution in [-0.2, 0) is 10.3 Å². The fourth-order valence-corrected chi connectivity index (χ4v) is 3.91. The molecule has 1 amide bonds. The lowest BCUT2D eigenvalue weighted by molar-refractivity contribution is -0.125. The van der Waals surface area contributed by atoms with Gasteiger partial charge in [-0.1, -0.05) is 31.0 Å². The molecular formula is C17H18FNO2S. The molecule has 3 nitrogen and oxygen atoms in total. The number of nitrogens with one attached hydrogen (secondary N) is 1. The maximum Gasteiger partial charge on any atom is 0.258 e. The van der Waals surface area contributed by atoms with Crippen molar-refractivity contribution in [2.45, 2.75) is 31.2 Å². The number of hydrogen-bond donors (Lipinski definition) is 1. The summed E-state index contributed by atoms with van der Waals surface area (Å²) >= 11 is 1.66. The number of para-hydroxylation sites is 1. The van der Waals surface area contributed by atoms with E-state index in [4.69, 9.17) is 4.74 Å². The number of ether oxygens (including phenoxy) is 1. The minimum atomic E-state index is -0.455. The van der Waals surface area contributed by atoms with Crippen molar-refractivity contribution in [3.05, 3.63) is 52.5 Å². The number of thiophene rings is 1. The number of hydrogen-bond acceptors (Lipinski definition) is 3. The number of amides is 1. The second-order valence-electron chi connectivity index (χ2n) is 5.53. The Balaban J connectivity index is 1.64. The van der Waals surface area contributed by atoms with Crippen LogP contribution in [0.4, 0.5) is 4.39 Å². The number of benzene rings is 1. The first-order chi connectivity index (χ1) is 10.7. The van der Waals surface area contributed by atoms with Gasteiger partial charge in [-0.25, -0.2) is 4.39 Å². The van der Waals surface area contributed by atoms with Crippen molar-refractivity contribution in [3.8, 4) is 5.75 Å². The quantitative estimate of drug-likeness (QED) is 0.909. The fourth-order valence-electron chi connectivity index (χ4n) is 2.97. The van der Waals surface area contributed by atoms with E-state index in [-0.39, 0.29) is 23.8 Å². The lowest BCUT2D eigenvalue weighted by Gasteiger charge is -2.29. The maximum atomic E-state index is 13.5. The normalized spacial score (nSPS) is 16.4. The van der Waals surface area contributed by atoms with E-state index >= 15 is 0 Å². The first-order valence-corrected chi connectivity index (χ1v) is 8.30. The van der Waals surface area contributed by atoms with E-state index < -0.39 is 5.82 Å². The smallest absolute Gasteiger partial charge is 0.258 e. The Morgan fingerprint density at radius 1 is 1.23 bits per heavy atom. The molecule has 1 aromatic carbocycles. The summed E-state index contributed by atoms with van der Waals surface area (Å²) in [5, 5.41) is 5.13. The average molecular weight is 319 g/mol. The van der Waals surface area contributed by atoms with Crippen molar-refractivity contribution < 1.29 is 13.9 Å². The van der Waals surface area contributed by atoms with Gasteiger partial charge in [-0.3, -0.25) is 4.79 Å². The van der Waals surface area contributed by atoms with Gasteiger partial charge in [0.15, 0.2) is 18.2 Å². The number of halogens is 1. The van der Waals surface area contributed by atoms with Crippen molar-refractivity contribution in [2.75, 3.05) is 6.61 Å². The lowest BCUT2D eigenvalue weighted by Crippen LogP contribution is -2.45. The summed E-state index contributed by atoms with van der Waals surface area (Å²) in [5.74, 6) is -0.558. The molecular weight excluding hydrogens is 301 g/mol. The molecule has 2 aromatic rings. The standard InChI is InChI=1S/C17H18FNO2S/c18-13-6-1-2-7-14(13)21-12-16(20)19-17(9-3-4-10-17)15-8-5-11-22-15/h1-2,5-8,11H,3-4,9-10,12H2,(H,19,20). The largest absolute Gasteiger partial charge is 0.481 e. The highest BCUT2D eigenvalue weighted by Gasteiger charge is 2.37. The molecule has 0 saturated heterocycles. The summed E-state index contributed by atoms with van der Waals surface area (Å²) in [6.45, 7) is -0.173. The van der Waals surface area contributed by atoms with Crippen LogP contribution < -0.4 is 10.1 Å². The van der Waals surface area contributed by atoms with Crippen molar-refractivity contribution in [3.63, 3.8) is 0 Å². The minimum absolute atomic E-state index is 0.106. The summed E-state index contributed by atoms with van der Waals surface area (Å²) in [4.78, 5) is 13.4. The van der Waals surface area contributed by atoms with Crippen molar-refractivity contribution in [1.29, 1.82) is 0 Å². The molecule has 0 spiro atoms. The number of carbonyl (C=O) groups excluding carboxylic acids is 1. The Morgan fingerprint density at radius 2 is 2.00 bits per heavy atom. The van der Waals surface area contributed by atoms with E-state index in [0.29, 0.717) is 0 Å². The van der Waals surface area contributed by atoms with Crippen LogP contribution in [0.2, 0.25) is 0 Å². The van der Waals surface area contributed by atoms with Crippen LogP contribution >= 0.6 is 11.3 Å². The SMILES string of the molecule is O=C(COc1ccccc1F)NC1(c2cccs2)CCCC1. The maximum absolute atomic E-state index is 13.5. The number of carbonyl (C=O) groups is 1. The van der Waals surface area contributed by atoms with Crippen molar-refractivity contribution in [1.82, 2.24) is 5.32 Å². The molecule has 0 bridgehead atoms. The molecule has 1 N–H and O–H groups in total. The van der Waals surface area contributed by atoms with Gasteiger partial charge in [0.05, 0.1) is 5.54 Å². The fraction of sp³-hybridized carbons (Fsp3) is 0.353. The molecule has 1 aromatic heterocycles. The van der Waals surface area contributed by atoms with Gasteiger partial charge in [0.1, 0.15) is 0 Å². The second-order valence-corrected chi connectivity index (χ2v) is 6.48. The van der Waals surface area contributed by atoms with Gasteiger partial charge in [0.2, 0.25) is 0 Å². The van der Waals surface area contributed by atoms with Gasteiger partial charge in [-0.05, 0) is 36.4 Å². The predicted molar refractivity (Wildman–Crippen MR) is 84.5 cm³/mol. The van der Waals surface area contributed by atoms with Gasteiger partial charge in [-0.15, -0.1) is 11.3 Å². The molecule has 1 fully saturated rings. The van der Waals surface area contributed by atoms with Crippen LogP contribution in [0, 0.1) is 5.82 Å². The molecule has 3 rings (SSSR count). The molecule has 1 saturated carbocycles. The highest BCUT2D eigenvalue weighted by molar-refractivity contribution is 7.10. The van der Waals surface area contributed by atoms with Gasteiger partial charge in [0.25, 0.3) is 5.91 Å². The molecule has 0 unspecified atom stereocenters. The Hall–Kier alpha value is -1.88. The molecule has 116 valence electrons. The molecule has 1 aliphatic rings. The zero-order chi connectivity index (χ0) is 15.4. The van der Waals surface area contributed by atoms with Gasteiger partial charge < -0.3 is 10.1 Å². The third kappa shape index (κ3) is 3.14. The second kappa shape index (κ2) is 6.48. The van der Waals surface area contributed by atoms with E-state index in [2.05, 4.69) is 11.4 Å². The van der Waals surface area contributed by atoms with Crippen LogP contribution in [0.5, 0.6) is 5.75 Å². The molecule has 1 heterocycles. The Morgan fingerprint density at radius 3 is 2.68 bits per heavy atom. The molecule has 0 aliphatic heterocycles. The van der Waals surface area contributed by atoms with Gasteiger partial charge in [0, 0.05) is 4.88 Å². The summed E-state index contributed by atoms with van der Waals surface area (Å²) in [7, 11) is 0. The van der Waals surface area contributed by atoms with E-state index in [1.165, 1.54) is 17.0 Å². The minimum Gasteiger partial charge on any atom is -0.481 e. The van der Waals surface area contributed by atoms with Crippen LogP contribution in [0.25, 0.3) is 0 Å². The average Bonchev–Trinajstić information content (AvgIpc) is 3.18. The van der Waals surface area contributed by atoms with E-state index in [9.17, 15) is 9.18 Å². The van der Waals surface area contributed by atoms with E-state index in [0.717, 1.165) is 25.7 Å². The first-order valence-electron chi connectivity index (χ1n) is 7.42. The van der Waals surface area contributed by atoms with Crippen LogP contribution in [0.15, 0.2) is 41.8 Å². The first kappa shape index (κ1) is 15.0. The third-order valence-electron chi connectivity index (χ3n) is 4.02. The zero-order valence-electron chi connectivity index (χ0n) is 12.2. The summed E-state index contributed by atoms with van der Waals surface area (Å²) in [6, 6.07) is 10.2. The lowest BCUT2D eigenvalue weighted by atomic mass is 9.95. The number of rotatable bonds is 5. The molecule has 22 heavy (non-hydrogen) atoms. The third-order valence-corrected chi connectivity index (χ3v) is 5.10. The Labute approximate surface area is 133 Å². The molecule has 5 heteroatoms. The highest BCUT2D eigenvalue weighted by atomic mass is 32.1. The van der Waals surface area contributed by atoms with Gasteiger partial charge in [-0.2, -0.15) is 0 Å². The zero-order valence-corrected chi connectivity index (χ0v) is 13.0. The summed E-state index contributed by atoms with van der Waals surface area (Å²) in [5.41, 5.74) is -0.274. The Bertz CT molecular complexity index is 636. The highest BCUT2D eigenvalue weighted by Crippen LogP contribution is 2.40. The molecule has 0 atom stereocenters. The van der Waals surface area contributed by atoms with Crippen LogP contribution in [0.3, 0.4) is 0 Å². The van der Waals surface area contributed by atoms with Crippen molar-refractivity contribution in [2.24, 2.45) is 0 Å². The summed E-state index contributed by atoms with van der Waals surface area (Å²) in [6.07, 6.45) is 4.09. The van der Waals surface area contributed by atoms with E-state index in [1.54, 1.807) is 23.5 Å². The van der Waals surface area contributed by atoms with Crippen LogP contribution in [0.1, 0.15) is 30.6 Å². The topological polar surface area (TPSA) is 38.3 Å². The predicted octanol–water partition coefficient (Wildman–Crippen LogP) is 3.85. The monoisotopic (exact) mass is 319 g/mol. The Kier molecular flexibility index (Phi) is 4.43.